The molecule has 4 heterocycles. The van der Waals surface area contributed by atoms with Gasteiger partial charge in [0.05, 0.1) is 12.2 Å². The van der Waals surface area contributed by atoms with Gasteiger partial charge in [-0.3, -0.25) is 4.79 Å². The third kappa shape index (κ3) is 3.52. The highest BCUT2D eigenvalue weighted by atomic mass is 16.4. The van der Waals surface area contributed by atoms with Crippen LogP contribution in [0, 0.1) is 0 Å². The topological polar surface area (TPSA) is 103 Å². The van der Waals surface area contributed by atoms with Crippen LogP contribution in [0.2, 0.25) is 0 Å². The summed E-state index contributed by atoms with van der Waals surface area (Å²) in [6.07, 6.45) is 6.22. The Morgan fingerprint density at radius 3 is 2.76 bits per heavy atom. The maximum atomic E-state index is 13.2. The minimum Gasteiger partial charge on any atom is -0.427 e. The highest BCUT2D eigenvalue weighted by molar-refractivity contribution is 5.76. The minimum atomic E-state index is -0.192. The lowest BCUT2D eigenvalue weighted by Crippen LogP contribution is -2.23. The largest absolute Gasteiger partial charge is 0.427 e. The Morgan fingerprint density at radius 2 is 2.00 bits per heavy atom. The molecule has 33 heavy (non-hydrogen) atoms. The second kappa shape index (κ2) is 7.28. The smallest absolute Gasteiger partial charge is 0.323 e. The van der Waals surface area contributed by atoms with Gasteiger partial charge in [0.2, 0.25) is 5.95 Å². The second-order valence-corrected chi connectivity index (χ2v) is 9.92. The summed E-state index contributed by atoms with van der Waals surface area (Å²) in [6, 6.07) is 6.79. The number of fused-ring (bicyclic) bond motifs is 2. The predicted octanol–water partition coefficient (Wildman–Crippen LogP) is 3.59. The normalized spacial score (nSPS) is 16.2. The fraction of sp³-hybridized carbons (Fsp3) is 0.417. The van der Waals surface area contributed by atoms with Crippen molar-refractivity contribution in [1.29, 1.82) is 0 Å². The third-order valence-electron chi connectivity index (χ3n) is 6.28. The van der Waals surface area contributed by atoms with Gasteiger partial charge in [0.25, 0.3) is 5.56 Å². The number of rotatable bonds is 4. The van der Waals surface area contributed by atoms with Crippen LogP contribution < -0.4 is 16.2 Å². The van der Waals surface area contributed by atoms with Gasteiger partial charge in [0.1, 0.15) is 11.1 Å². The monoisotopic (exact) mass is 445 g/mol. The van der Waals surface area contributed by atoms with Crippen LogP contribution in [0.4, 0.5) is 11.6 Å². The molecule has 0 amide bonds. The van der Waals surface area contributed by atoms with Gasteiger partial charge < -0.3 is 15.1 Å². The van der Waals surface area contributed by atoms with E-state index in [-0.39, 0.29) is 17.0 Å². The van der Waals surface area contributed by atoms with E-state index in [1.807, 2.05) is 6.07 Å². The van der Waals surface area contributed by atoms with Crippen molar-refractivity contribution in [2.45, 2.75) is 58.0 Å². The molecule has 1 saturated carbocycles. The van der Waals surface area contributed by atoms with E-state index in [2.05, 4.69) is 53.5 Å². The molecule has 0 radical (unpaired) electrons. The summed E-state index contributed by atoms with van der Waals surface area (Å²) in [6.45, 7) is 8.08. The van der Waals surface area contributed by atoms with E-state index in [0.29, 0.717) is 23.0 Å². The molecule has 2 N–H and O–H groups in total. The van der Waals surface area contributed by atoms with Crippen LogP contribution in [-0.2, 0) is 18.4 Å². The van der Waals surface area contributed by atoms with Crippen LogP contribution in [0.5, 0.6) is 0 Å². The quantitative estimate of drug-likeness (QED) is 0.495. The second-order valence-electron chi connectivity index (χ2n) is 9.92. The first-order valence-corrected chi connectivity index (χ1v) is 11.4. The Kier molecular flexibility index (Phi) is 4.45. The summed E-state index contributed by atoms with van der Waals surface area (Å²) in [5.41, 5.74) is 3.76. The molecule has 0 atom stereocenters. The Balaban J connectivity index is 1.44. The number of anilines is 2. The summed E-state index contributed by atoms with van der Waals surface area (Å²) in [7, 11) is 0. The van der Waals surface area contributed by atoms with E-state index in [9.17, 15) is 4.79 Å². The molecule has 0 unspecified atom stereocenters. The Hall–Kier alpha value is -3.46. The predicted molar refractivity (Wildman–Crippen MR) is 125 cm³/mol. The van der Waals surface area contributed by atoms with Crippen molar-refractivity contribution in [2.24, 2.45) is 0 Å². The van der Waals surface area contributed by atoms with Crippen molar-refractivity contribution in [1.82, 2.24) is 29.6 Å². The molecule has 1 aliphatic carbocycles. The van der Waals surface area contributed by atoms with Gasteiger partial charge in [-0.15, -0.1) is 0 Å². The van der Waals surface area contributed by atoms with Crippen molar-refractivity contribution >= 4 is 22.7 Å². The van der Waals surface area contributed by atoms with Gasteiger partial charge in [-0.2, -0.15) is 14.6 Å². The van der Waals surface area contributed by atoms with Gasteiger partial charge in [-0.05, 0) is 49.1 Å². The minimum absolute atomic E-state index is 0.115. The van der Waals surface area contributed by atoms with Crippen LogP contribution in [0.1, 0.15) is 56.5 Å². The van der Waals surface area contributed by atoms with Gasteiger partial charge in [0.15, 0.2) is 5.65 Å². The molecular weight excluding hydrogens is 418 g/mol. The molecule has 1 aromatic carbocycles. The number of oxazole rings is 1. The third-order valence-corrected chi connectivity index (χ3v) is 6.28. The Bertz CT molecular complexity index is 1420. The lowest BCUT2D eigenvalue weighted by atomic mass is 9.94. The Labute approximate surface area is 190 Å². The summed E-state index contributed by atoms with van der Waals surface area (Å²) in [4.78, 5) is 26.9. The molecule has 0 spiro atoms. The van der Waals surface area contributed by atoms with Gasteiger partial charge in [0, 0.05) is 23.8 Å². The molecule has 9 heteroatoms. The lowest BCUT2D eigenvalue weighted by molar-refractivity contribution is 0.379. The first-order valence-electron chi connectivity index (χ1n) is 11.4. The molecule has 3 aromatic heterocycles. The van der Waals surface area contributed by atoms with Gasteiger partial charge >= 0.3 is 6.01 Å². The van der Waals surface area contributed by atoms with E-state index >= 15 is 0 Å². The lowest BCUT2D eigenvalue weighted by Gasteiger charge is -2.18. The average molecular weight is 446 g/mol. The van der Waals surface area contributed by atoms with Crippen LogP contribution in [0.3, 0.4) is 0 Å². The number of nitrogens with zero attached hydrogens (tertiary/aromatic N) is 5. The maximum Gasteiger partial charge on any atom is 0.323 e. The maximum absolute atomic E-state index is 13.2. The summed E-state index contributed by atoms with van der Waals surface area (Å²) in [5, 5.41) is 7.16. The summed E-state index contributed by atoms with van der Waals surface area (Å²) in [5.74, 6) is 1.19. The standard InChI is InChI=1S/C24H27N7O2/c1-24(2,3)19-13-27-23(33-19)31-20-18(21(32)30(31)17-6-7-17)12-26-22(29-20)28-16-5-4-15-11-25-9-8-14(15)10-16/h4-5,10,12-13,17,25H,6-9,11H2,1-3H3,(H,26,28,29). The van der Waals surface area contributed by atoms with Crippen molar-refractivity contribution < 1.29 is 4.42 Å². The zero-order chi connectivity index (χ0) is 22.7. The Morgan fingerprint density at radius 1 is 1.15 bits per heavy atom. The molecule has 1 aliphatic heterocycles. The molecule has 9 nitrogen and oxygen atoms in total. The van der Waals surface area contributed by atoms with Crippen molar-refractivity contribution in [3.8, 4) is 6.01 Å². The van der Waals surface area contributed by atoms with Gasteiger partial charge in [-0.25, -0.2) is 9.67 Å². The van der Waals surface area contributed by atoms with E-state index in [1.54, 1.807) is 21.8 Å². The highest BCUT2D eigenvalue weighted by Gasteiger charge is 2.32. The van der Waals surface area contributed by atoms with Crippen LogP contribution in [0.25, 0.3) is 17.0 Å². The number of hydrogen-bond donors (Lipinski definition) is 2. The summed E-state index contributed by atoms with van der Waals surface area (Å²) >= 11 is 0. The van der Waals surface area contributed by atoms with Crippen LogP contribution >= 0.6 is 0 Å². The van der Waals surface area contributed by atoms with E-state index in [4.69, 9.17) is 9.40 Å². The van der Waals surface area contributed by atoms with E-state index in [1.165, 1.54) is 11.1 Å². The van der Waals surface area contributed by atoms with E-state index < -0.39 is 0 Å². The number of hydrogen-bond acceptors (Lipinski definition) is 7. The number of benzene rings is 1. The first kappa shape index (κ1) is 20.2. The van der Waals surface area contributed by atoms with Crippen LogP contribution in [-0.4, -0.2) is 30.9 Å². The van der Waals surface area contributed by atoms with Crippen molar-refractivity contribution in [3.05, 3.63) is 57.8 Å². The van der Waals surface area contributed by atoms with Crippen molar-refractivity contribution in [2.75, 3.05) is 11.9 Å². The molecule has 1 fully saturated rings. The number of aromatic nitrogens is 5. The van der Waals surface area contributed by atoms with Gasteiger partial charge in [-0.1, -0.05) is 26.8 Å². The van der Waals surface area contributed by atoms with Crippen molar-refractivity contribution in [3.63, 3.8) is 0 Å². The number of nitrogens with one attached hydrogen (secondary N) is 2. The molecular formula is C24H27N7O2. The summed E-state index contributed by atoms with van der Waals surface area (Å²) < 4.78 is 9.53. The molecule has 170 valence electrons. The molecule has 4 aromatic rings. The fourth-order valence-electron chi connectivity index (χ4n) is 4.29. The van der Waals surface area contributed by atoms with E-state index in [0.717, 1.165) is 43.8 Å². The molecule has 0 saturated heterocycles. The fourth-order valence-corrected chi connectivity index (χ4v) is 4.29. The molecule has 6 rings (SSSR count). The molecule has 2 aliphatic rings. The zero-order valence-corrected chi connectivity index (χ0v) is 19.1. The SMILES string of the molecule is CC(C)(C)c1cnc(-n2c3nc(Nc4ccc5c(c4)CCNC5)ncc3c(=O)n2C2CC2)o1. The average Bonchev–Trinajstić information content (AvgIpc) is 3.42. The molecule has 0 bridgehead atoms. The van der Waals surface area contributed by atoms with Crippen LogP contribution in [0.15, 0.2) is 39.8 Å². The highest BCUT2D eigenvalue weighted by Crippen LogP contribution is 2.36. The zero-order valence-electron chi connectivity index (χ0n) is 19.1. The first-order chi connectivity index (χ1) is 15.9.